The number of carbonyl (C=O) groups is 1. The van der Waals surface area contributed by atoms with E-state index in [1.54, 1.807) is 0 Å². The molecule has 2 saturated heterocycles. The van der Waals surface area contributed by atoms with Crippen LogP contribution in [0.4, 0.5) is 10.5 Å². The molecule has 2 heterocycles. The summed E-state index contributed by atoms with van der Waals surface area (Å²) in [4.78, 5) is 17.0. The van der Waals surface area contributed by atoms with Crippen LogP contribution in [-0.4, -0.2) is 61.1 Å². The molecule has 0 aliphatic carbocycles. The van der Waals surface area contributed by atoms with E-state index >= 15 is 0 Å². The van der Waals surface area contributed by atoms with Gasteiger partial charge in [-0.3, -0.25) is 4.90 Å². The largest absolute Gasteiger partial charge is 0.457 e. The summed E-state index contributed by atoms with van der Waals surface area (Å²) in [7, 11) is 0. The van der Waals surface area contributed by atoms with E-state index in [9.17, 15) is 4.79 Å². The molecular weight excluding hydrogens is 411 g/mol. The number of nitrogens with one attached hydrogen (secondary N) is 2. The highest BCUT2D eigenvalue weighted by Gasteiger charge is 2.27. The Balaban J connectivity index is 0.00000150. The van der Waals surface area contributed by atoms with E-state index < -0.39 is 0 Å². The van der Waals surface area contributed by atoms with Crippen molar-refractivity contribution in [2.45, 2.75) is 12.5 Å². The summed E-state index contributed by atoms with van der Waals surface area (Å²) in [6.07, 6.45) is 1.21. The molecule has 2 aliphatic heterocycles. The van der Waals surface area contributed by atoms with Crippen molar-refractivity contribution in [2.24, 2.45) is 0 Å². The van der Waals surface area contributed by atoms with Crippen LogP contribution < -0.4 is 15.4 Å². The normalized spacial score (nSPS) is 19.0. The highest BCUT2D eigenvalue weighted by molar-refractivity contribution is 5.89. The quantitative estimate of drug-likeness (QED) is 0.761. The minimum atomic E-state index is -0.0453. The smallest absolute Gasteiger partial charge is 0.321 e. The SMILES string of the molecule is Cl.Cl.O=C(Nc1cccc(Oc2ccccc2)c1)N1CCN(C2CCNC2)CC1. The van der Waals surface area contributed by atoms with Crippen molar-refractivity contribution in [3.63, 3.8) is 0 Å². The molecule has 6 nitrogen and oxygen atoms in total. The number of hydrogen-bond acceptors (Lipinski definition) is 4. The Labute approximate surface area is 184 Å². The summed E-state index contributed by atoms with van der Waals surface area (Å²) < 4.78 is 5.84. The molecule has 2 N–H and O–H groups in total. The van der Waals surface area contributed by atoms with Crippen molar-refractivity contribution in [1.82, 2.24) is 15.1 Å². The number of hydrogen-bond donors (Lipinski definition) is 2. The van der Waals surface area contributed by atoms with Gasteiger partial charge >= 0.3 is 6.03 Å². The number of carbonyl (C=O) groups excluding carboxylic acids is 1. The predicted octanol–water partition coefficient (Wildman–Crippen LogP) is 3.83. The first kappa shape index (κ1) is 23.3. The van der Waals surface area contributed by atoms with E-state index in [0.29, 0.717) is 11.8 Å². The molecule has 4 rings (SSSR count). The summed E-state index contributed by atoms with van der Waals surface area (Å²) in [6.45, 7) is 5.59. The van der Waals surface area contributed by atoms with Crippen LogP contribution in [0.25, 0.3) is 0 Å². The van der Waals surface area contributed by atoms with Crippen molar-refractivity contribution in [3.8, 4) is 11.5 Å². The standard InChI is InChI=1S/C21H26N4O2.2ClH/c26-21(25-13-11-24(12-14-25)18-9-10-22-16-18)23-17-5-4-8-20(15-17)27-19-6-2-1-3-7-19;;/h1-8,15,18,22H,9-14,16H2,(H,23,26);2*1H. The molecule has 0 aromatic heterocycles. The Morgan fingerprint density at radius 2 is 1.69 bits per heavy atom. The first-order valence-corrected chi connectivity index (χ1v) is 9.61. The van der Waals surface area contributed by atoms with E-state index in [1.165, 1.54) is 6.42 Å². The fourth-order valence-electron chi connectivity index (χ4n) is 3.71. The maximum absolute atomic E-state index is 12.6. The molecule has 2 aromatic carbocycles. The van der Waals surface area contributed by atoms with Crippen LogP contribution in [0.2, 0.25) is 0 Å². The Morgan fingerprint density at radius 1 is 0.966 bits per heavy atom. The van der Waals surface area contributed by atoms with Gasteiger partial charge in [-0.05, 0) is 37.2 Å². The summed E-state index contributed by atoms with van der Waals surface area (Å²) in [5.74, 6) is 1.48. The topological polar surface area (TPSA) is 56.8 Å². The zero-order valence-electron chi connectivity index (χ0n) is 16.3. The maximum Gasteiger partial charge on any atom is 0.321 e. The number of amides is 2. The van der Waals surface area contributed by atoms with Crippen molar-refractivity contribution in [1.29, 1.82) is 0 Å². The van der Waals surface area contributed by atoms with Gasteiger partial charge < -0.3 is 20.3 Å². The average Bonchev–Trinajstić information content (AvgIpc) is 3.24. The second-order valence-corrected chi connectivity index (χ2v) is 7.04. The van der Waals surface area contributed by atoms with E-state index in [4.69, 9.17) is 4.74 Å². The van der Waals surface area contributed by atoms with Crippen molar-refractivity contribution in [2.75, 3.05) is 44.6 Å². The first-order chi connectivity index (χ1) is 13.3. The molecule has 2 amide bonds. The lowest BCUT2D eigenvalue weighted by Crippen LogP contribution is -2.53. The molecule has 2 aromatic rings. The Hall–Kier alpha value is -1.99. The lowest BCUT2D eigenvalue weighted by molar-refractivity contribution is 0.119. The Kier molecular flexibility index (Phi) is 9.04. The third kappa shape index (κ3) is 6.24. The summed E-state index contributed by atoms with van der Waals surface area (Å²) in [5, 5.41) is 6.41. The monoisotopic (exact) mass is 438 g/mol. The number of ether oxygens (including phenoxy) is 1. The fraction of sp³-hybridized carbons (Fsp3) is 0.381. The van der Waals surface area contributed by atoms with Crippen LogP contribution in [0.5, 0.6) is 11.5 Å². The highest BCUT2D eigenvalue weighted by Crippen LogP contribution is 2.24. The van der Waals surface area contributed by atoms with Gasteiger partial charge in [0, 0.05) is 50.5 Å². The molecular formula is C21H28Cl2N4O2. The van der Waals surface area contributed by atoms with E-state index in [1.807, 2.05) is 59.5 Å². The van der Waals surface area contributed by atoms with Crippen molar-refractivity contribution >= 4 is 36.5 Å². The number of anilines is 1. The molecule has 1 unspecified atom stereocenters. The molecule has 8 heteroatoms. The fourth-order valence-corrected chi connectivity index (χ4v) is 3.71. The number of nitrogens with zero attached hydrogens (tertiary/aromatic N) is 2. The molecule has 29 heavy (non-hydrogen) atoms. The van der Waals surface area contributed by atoms with Gasteiger partial charge in [0.25, 0.3) is 0 Å². The van der Waals surface area contributed by atoms with Gasteiger partial charge in [-0.25, -0.2) is 4.79 Å². The van der Waals surface area contributed by atoms with E-state index in [-0.39, 0.29) is 30.8 Å². The number of para-hydroxylation sites is 1. The van der Waals surface area contributed by atoms with Crippen molar-refractivity contribution in [3.05, 3.63) is 54.6 Å². The van der Waals surface area contributed by atoms with E-state index in [0.717, 1.165) is 50.7 Å². The van der Waals surface area contributed by atoms with Gasteiger partial charge in [-0.15, -0.1) is 24.8 Å². The Morgan fingerprint density at radius 3 is 2.38 bits per heavy atom. The molecule has 158 valence electrons. The summed E-state index contributed by atoms with van der Waals surface area (Å²) in [6, 6.07) is 17.7. The van der Waals surface area contributed by atoms with Crippen LogP contribution >= 0.6 is 24.8 Å². The maximum atomic E-state index is 12.6. The van der Waals surface area contributed by atoms with Gasteiger partial charge in [0.1, 0.15) is 11.5 Å². The minimum Gasteiger partial charge on any atom is -0.457 e. The lowest BCUT2D eigenvalue weighted by atomic mass is 10.2. The van der Waals surface area contributed by atoms with E-state index in [2.05, 4.69) is 15.5 Å². The number of benzene rings is 2. The highest BCUT2D eigenvalue weighted by atomic mass is 35.5. The zero-order valence-corrected chi connectivity index (χ0v) is 17.9. The number of urea groups is 1. The molecule has 0 spiro atoms. The summed E-state index contributed by atoms with van der Waals surface area (Å²) in [5.41, 5.74) is 0.746. The van der Waals surface area contributed by atoms with Crippen LogP contribution in [0, 0.1) is 0 Å². The van der Waals surface area contributed by atoms with Crippen LogP contribution in [0.15, 0.2) is 54.6 Å². The summed E-state index contributed by atoms with van der Waals surface area (Å²) >= 11 is 0. The van der Waals surface area contributed by atoms with Crippen LogP contribution in [-0.2, 0) is 0 Å². The minimum absolute atomic E-state index is 0. The molecule has 2 fully saturated rings. The zero-order chi connectivity index (χ0) is 18.5. The molecule has 0 saturated carbocycles. The molecule has 0 radical (unpaired) electrons. The predicted molar refractivity (Wildman–Crippen MR) is 121 cm³/mol. The first-order valence-electron chi connectivity index (χ1n) is 9.61. The number of rotatable bonds is 4. The lowest BCUT2D eigenvalue weighted by Gasteiger charge is -2.37. The third-order valence-corrected chi connectivity index (χ3v) is 5.22. The third-order valence-electron chi connectivity index (χ3n) is 5.22. The van der Waals surface area contributed by atoms with Gasteiger partial charge in [-0.2, -0.15) is 0 Å². The van der Waals surface area contributed by atoms with Crippen LogP contribution in [0.3, 0.4) is 0 Å². The van der Waals surface area contributed by atoms with Gasteiger partial charge in [0.05, 0.1) is 0 Å². The number of piperazine rings is 1. The Bertz CT molecular complexity index is 764. The number of halogens is 2. The average molecular weight is 439 g/mol. The van der Waals surface area contributed by atoms with Crippen molar-refractivity contribution < 1.29 is 9.53 Å². The van der Waals surface area contributed by atoms with Gasteiger partial charge in [0.2, 0.25) is 0 Å². The van der Waals surface area contributed by atoms with Gasteiger partial charge in [0.15, 0.2) is 0 Å². The van der Waals surface area contributed by atoms with Gasteiger partial charge in [-0.1, -0.05) is 24.3 Å². The second-order valence-electron chi connectivity index (χ2n) is 7.04. The van der Waals surface area contributed by atoms with Crippen LogP contribution in [0.1, 0.15) is 6.42 Å². The molecule has 2 aliphatic rings. The molecule has 1 atom stereocenters. The second kappa shape index (κ2) is 11.3. The molecule has 0 bridgehead atoms.